The molecule has 3 heteroatoms. The molecule has 2 nitrogen and oxygen atoms in total. The quantitative estimate of drug-likeness (QED) is 0.893. The van der Waals surface area contributed by atoms with E-state index in [-0.39, 0.29) is 6.10 Å². The number of rotatable bonds is 5. The van der Waals surface area contributed by atoms with Gasteiger partial charge in [-0.1, -0.05) is 19.4 Å². The van der Waals surface area contributed by atoms with E-state index in [2.05, 4.69) is 22.9 Å². The van der Waals surface area contributed by atoms with Crippen LogP contribution in [0, 0.1) is 0 Å². The molecule has 0 fully saturated rings. The molecule has 1 rings (SSSR count). The lowest BCUT2D eigenvalue weighted by Crippen LogP contribution is -2.09. The lowest BCUT2D eigenvalue weighted by Gasteiger charge is -2.10. The molecule has 1 N–H and O–H groups in total. The SMILES string of the molecule is CCCC(O)Cc1ccc(OC)c(Br)c1. The first-order valence-electron chi connectivity index (χ1n) is 5.17. The van der Waals surface area contributed by atoms with Gasteiger partial charge in [-0.05, 0) is 46.5 Å². The molecule has 15 heavy (non-hydrogen) atoms. The van der Waals surface area contributed by atoms with Crippen LogP contribution in [-0.2, 0) is 6.42 Å². The fraction of sp³-hybridized carbons (Fsp3) is 0.500. The number of halogens is 1. The second-order valence-electron chi connectivity index (χ2n) is 3.62. The Morgan fingerprint density at radius 1 is 1.47 bits per heavy atom. The Labute approximate surface area is 99.4 Å². The van der Waals surface area contributed by atoms with Crippen LogP contribution in [0.15, 0.2) is 22.7 Å². The molecule has 0 aliphatic heterocycles. The molecule has 0 saturated heterocycles. The van der Waals surface area contributed by atoms with Crippen LogP contribution in [0.2, 0.25) is 0 Å². The van der Waals surface area contributed by atoms with E-state index in [0.29, 0.717) is 6.42 Å². The predicted octanol–water partition coefficient (Wildman–Crippen LogP) is 3.16. The third-order valence-electron chi connectivity index (χ3n) is 2.31. The summed E-state index contributed by atoms with van der Waals surface area (Å²) in [6, 6.07) is 5.90. The lowest BCUT2D eigenvalue weighted by atomic mass is 10.0. The molecule has 0 aliphatic rings. The minimum Gasteiger partial charge on any atom is -0.496 e. The number of hydrogen-bond acceptors (Lipinski definition) is 2. The molecule has 0 spiro atoms. The van der Waals surface area contributed by atoms with E-state index in [1.165, 1.54) is 0 Å². The molecule has 0 heterocycles. The fourth-order valence-corrected chi connectivity index (χ4v) is 2.13. The van der Waals surface area contributed by atoms with Crippen molar-refractivity contribution in [2.45, 2.75) is 32.3 Å². The molecule has 0 bridgehead atoms. The van der Waals surface area contributed by atoms with Crippen LogP contribution >= 0.6 is 15.9 Å². The summed E-state index contributed by atoms with van der Waals surface area (Å²) in [5.41, 5.74) is 1.13. The molecule has 0 saturated carbocycles. The average Bonchev–Trinajstić information content (AvgIpc) is 2.18. The van der Waals surface area contributed by atoms with Crippen molar-refractivity contribution in [3.05, 3.63) is 28.2 Å². The Morgan fingerprint density at radius 3 is 2.73 bits per heavy atom. The van der Waals surface area contributed by atoms with Crippen molar-refractivity contribution < 1.29 is 9.84 Å². The molecule has 1 aromatic rings. The van der Waals surface area contributed by atoms with Crippen molar-refractivity contribution in [1.82, 2.24) is 0 Å². The topological polar surface area (TPSA) is 29.5 Å². The monoisotopic (exact) mass is 272 g/mol. The van der Waals surface area contributed by atoms with E-state index >= 15 is 0 Å². The van der Waals surface area contributed by atoms with Gasteiger partial charge in [0.15, 0.2) is 0 Å². The number of aliphatic hydroxyl groups is 1. The first-order chi connectivity index (χ1) is 7.17. The highest BCUT2D eigenvalue weighted by Crippen LogP contribution is 2.26. The van der Waals surface area contributed by atoms with Gasteiger partial charge in [-0.2, -0.15) is 0 Å². The zero-order chi connectivity index (χ0) is 11.3. The van der Waals surface area contributed by atoms with Gasteiger partial charge in [0.2, 0.25) is 0 Å². The van der Waals surface area contributed by atoms with E-state index in [1.807, 2.05) is 18.2 Å². The third kappa shape index (κ3) is 3.84. The molecule has 0 aliphatic carbocycles. The smallest absolute Gasteiger partial charge is 0.133 e. The van der Waals surface area contributed by atoms with Gasteiger partial charge in [0.1, 0.15) is 5.75 Å². The van der Waals surface area contributed by atoms with Gasteiger partial charge in [-0.25, -0.2) is 0 Å². The maximum Gasteiger partial charge on any atom is 0.133 e. The third-order valence-corrected chi connectivity index (χ3v) is 2.93. The van der Waals surface area contributed by atoms with Gasteiger partial charge in [0.25, 0.3) is 0 Å². The average molecular weight is 273 g/mol. The van der Waals surface area contributed by atoms with Gasteiger partial charge in [0, 0.05) is 0 Å². The lowest BCUT2D eigenvalue weighted by molar-refractivity contribution is 0.164. The van der Waals surface area contributed by atoms with Gasteiger partial charge in [-0.15, -0.1) is 0 Å². The zero-order valence-corrected chi connectivity index (χ0v) is 10.8. The van der Waals surface area contributed by atoms with E-state index in [1.54, 1.807) is 7.11 Å². The second kappa shape index (κ2) is 6.13. The number of benzene rings is 1. The Hall–Kier alpha value is -0.540. The molecule has 0 aromatic heterocycles. The summed E-state index contributed by atoms with van der Waals surface area (Å²) in [5.74, 6) is 0.823. The molecule has 1 aromatic carbocycles. The largest absolute Gasteiger partial charge is 0.496 e. The number of aliphatic hydroxyl groups excluding tert-OH is 1. The van der Waals surface area contributed by atoms with Crippen LogP contribution in [0.4, 0.5) is 0 Å². The summed E-state index contributed by atoms with van der Waals surface area (Å²) in [7, 11) is 1.64. The zero-order valence-electron chi connectivity index (χ0n) is 9.16. The number of ether oxygens (including phenoxy) is 1. The van der Waals surface area contributed by atoms with Crippen molar-refractivity contribution in [2.75, 3.05) is 7.11 Å². The standard InChI is InChI=1S/C12H17BrO2/c1-3-4-10(14)7-9-5-6-12(15-2)11(13)8-9/h5-6,8,10,14H,3-4,7H2,1-2H3. The highest BCUT2D eigenvalue weighted by Gasteiger charge is 2.06. The Kier molecular flexibility index (Phi) is 5.12. The summed E-state index contributed by atoms with van der Waals surface area (Å²) in [4.78, 5) is 0. The molecular weight excluding hydrogens is 256 g/mol. The minimum atomic E-state index is -0.240. The van der Waals surface area contributed by atoms with E-state index in [9.17, 15) is 5.11 Å². The summed E-state index contributed by atoms with van der Waals surface area (Å²) < 4.78 is 6.08. The Morgan fingerprint density at radius 2 is 2.20 bits per heavy atom. The van der Waals surface area contributed by atoms with Crippen molar-refractivity contribution in [3.63, 3.8) is 0 Å². The number of methoxy groups -OCH3 is 1. The highest BCUT2D eigenvalue weighted by atomic mass is 79.9. The van der Waals surface area contributed by atoms with Crippen molar-refractivity contribution in [2.24, 2.45) is 0 Å². The van der Waals surface area contributed by atoms with Crippen LogP contribution in [-0.4, -0.2) is 18.3 Å². The number of hydrogen-bond donors (Lipinski definition) is 1. The van der Waals surface area contributed by atoms with Gasteiger partial charge >= 0.3 is 0 Å². The summed E-state index contributed by atoms with van der Waals surface area (Å²) in [6.07, 6.45) is 2.33. The van der Waals surface area contributed by atoms with E-state index in [4.69, 9.17) is 4.74 Å². The molecule has 0 amide bonds. The van der Waals surface area contributed by atoms with Crippen LogP contribution in [0.1, 0.15) is 25.3 Å². The van der Waals surface area contributed by atoms with Gasteiger partial charge < -0.3 is 9.84 Å². The Balaban J connectivity index is 2.66. The first kappa shape index (κ1) is 12.5. The molecule has 84 valence electrons. The highest BCUT2D eigenvalue weighted by molar-refractivity contribution is 9.10. The second-order valence-corrected chi connectivity index (χ2v) is 4.47. The van der Waals surface area contributed by atoms with Gasteiger partial charge in [0.05, 0.1) is 17.7 Å². The Bertz CT molecular complexity index is 312. The van der Waals surface area contributed by atoms with Crippen LogP contribution in [0.25, 0.3) is 0 Å². The van der Waals surface area contributed by atoms with E-state index in [0.717, 1.165) is 28.6 Å². The van der Waals surface area contributed by atoms with E-state index < -0.39 is 0 Å². The first-order valence-corrected chi connectivity index (χ1v) is 5.97. The van der Waals surface area contributed by atoms with Crippen molar-refractivity contribution in [1.29, 1.82) is 0 Å². The summed E-state index contributed by atoms with van der Waals surface area (Å²) >= 11 is 3.43. The van der Waals surface area contributed by atoms with Crippen LogP contribution in [0.3, 0.4) is 0 Å². The fourth-order valence-electron chi connectivity index (χ4n) is 1.54. The van der Waals surface area contributed by atoms with Crippen molar-refractivity contribution >= 4 is 15.9 Å². The maximum atomic E-state index is 9.67. The normalized spacial score (nSPS) is 12.5. The summed E-state index contributed by atoms with van der Waals surface area (Å²) in [6.45, 7) is 2.08. The van der Waals surface area contributed by atoms with Crippen molar-refractivity contribution in [3.8, 4) is 5.75 Å². The minimum absolute atomic E-state index is 0.240. The molecular formula is C12H17BrO2. The van der Waals surface area contributed by atoms with Gasteiger partial charge in [-0.3, -0.25) is 0 Å². The van der Waals surface area contributed by atoms with Crippen LogP contribution in [0.5, 0.6) is 5.75 Å². The maximum absolute atomic E-state index is 9.67. The molecule has 1 atom stereocenters. The van der Waals surface area contributed by atoms with Crippen LogP contribution < -0.4 is 4.74 Å². The molecule has 1 unspecified atom stereocenters. The molecule has 0 radical (unpaired) electrons. The summed E-state index contributed by atoms with van der Waals surface area (Å²) in [5, 5.41) is 9.67. The predicted molar refractivity (Wildman–Crippen MR) is 65.3 cm³/mol.